The standard InChI is InChI=1S/C41H78NO8P/c1-6-8-10-12-14-16-18-20-21-22-24-26-28-30-32-34-41(44)50-39(38-49-51(45,46)48-36-35-42(3,4)5)37-47-40(43)33-31-29-27-25-23-19-17-15-13-11-9-7-2/h14,16,20-21,39H,6-13,15,17-19,22-38H2,1-5H3/b16-14-,21-20-/t39-/m1/s1. The Hall–Kier alpha value is -1.51. The van der Waals surface area contributed by atoms with Crippen molar-refractivity contribution in [2.45, 2.75) is 180 Å². The summed E-state index contributed by atoms with van der Waals surface area (Å²) in [5.41, 5.74) is 0. The van der Waals surface area contributed by atoms with Crippen molar-refractivity contribution in [3.05, 3.63) is 24.3 Å². The molecule has 300 valence electrons. The lowest BCUT2D eigenvalue weighted by Crippen LogP contribution is -2.37. The van der Waals surface area contributed by atoms with E-state index in [4.69, 9.17) is 18.5 Å². The van der Waals surface area contributed by atoms with Gasteiger partial charge >= 0.3 is 11.9 Å². The molecule has 0 aliphatic rings. The second-order valence-electron chi connectivity index (χ2n) is 15.0. The van der Waals surface area contributed by atoms with Crippen LogP contribution in [0, 0.1) is 0 Å². The Bertz CT molecular complexity index is 933. The number of unbranched alkanes of at least 4 members (excludes halogenated alkanes) is 19. The molecule has 0 rings (SSSR count). The van der Waals surface area contributed by atoms with Gasteiger partial charge in [0.15, 0.2) is 6.10 Å². The molecule has 0 saturated heterocycles. The van der Waals surface area contributed by atoms with E-state index in [-0.39, 0.29) is 32.0 Å². The van der Waals surface area contributed by atoms with Gasteiger partial charge in [0.2, 0.25) is 0 Å². The summed E-state index contributed by atoms with van der Waals surface area (Å²) in [6.07, 6.45) is 34.8. The zero-order valence-corrected chi connectivity index (χ0v) is 34.4. The van der Waals surface area contributed by atoms with Gasteiger partial charge in [-0.1, -0.05) is 141 Å². The second kappa shape index (κ2) is 34.3. The molecule has 1 unspecified atom stereocenters. The van der Waals surface area contributed by atoms with Gasteiger partial charge in [0.1, 0.15) is 19.8 Å². The molecule has 0 aromatic rings. The average Bonchev–Trinajstić information content (AvgIpc) is 3.07. The molecule has 0 amide bonds. The van der Waals surface area contributed by atoms with Crippen LogP contribution in [-0.4, -0.2) is 70.0 Å². The maximum atomic E-state index is 12.6. The van der Waals surface area contributed by atoms with Crippen LogP contribution in [-0.2, 0) is 32.7 Å². The second-order valence-corrected chi connectivity index (χ2v) is 16.4. The highest BCUT2D eigenvalue weighted by atomic mass is 31.2. The first-order valence-corrected chi connectivity index (χ1v) is 22.0. The van der Waals surface area contributed by atoms with Gasteiger partial charge in [-0.3, -0.25) is 14.2 Å². The van der Waals surface area contributed by atoms with Gasteiger partial charge in [0.05, 0.1) is 27.7 Å². The Labute approximate surface area is 313 Å². The minimum absolute atomic E-state index is 0.0322. The molecule has 0 aromatic carbocycles. The molecular formula is C41H78NO8P. The highest BCUT2D eigenvalue weighted by Crippen LogP contribution is 2.38. The van der Waals surface area contributed by atoms with Crippen molar-refractivity contribution in [1.29, 1.82) is 0 Å². The van der Waals surface area contributed by atoms with Crippen LogP contribution in [0.1, 0.15) is 174 Å². The summed E-state index contributed by atoms with van der Waals surface area (Å²) in [5.74, 6) is -0.848. The molecule has 0 aliphatic heterocycles. The number of carbonyl (C=O) groups is 2. The lowest BCUT2D eigenvalue weighted by atomic mass is 10.0. The molecule has 0 saturated carbocycles. The van der Waals surface area contributed by atoms with Crippen LogP contribution in [0.4, 0.5) is 0 Å². The van der Waals surface area contributed by atoms with Crippen molar-refractivity contribution < 1.29 is 42.1 Å². The van der Waals surface area contributed by atoms with Gasteiger partial charge < -0.3 is 27.9 Å². The van der Waals surface area contributed by atoms with Crippen molar-refractivity contribution >= 4 is 19.8 Å². The lowest BCUT2D eigenvalue weighted by Gasteiger charge is -2.28. The number of rotatable bonds is 37. The maximum absolute atomic E-state index is 12.6. The molecule has 0 N–H and O–H groups in total. The van der Waals surface area contributed by atoms with E-state index in [0.29, 0.717) is 17.4 Å². The fraction of sp³-hybridized carbons (Fsp3) is 0.854. The first-order valence-electron chi connectivity index (χ1n) is 20.5. The third kappa shape index (κ3) is 38.0. The molecule has 9 nitrogen and oxygen atoms in total. The molecule has 0 aromatic heterocycles. The summed E-state index contributed by atoms with van der Waals surface area (Å²) in [7, 11) is 1.16. The van der Waals surface area contributed by atoms with E-state index in [1.807, 2.05) is 21.1 Å². The van der Waals surface area contributed by atoms with Crippen LogP contribution in [0.5, 0.6) is 0 Å². The predicted octanol–water partition coefficient (Wildman–Crippen LogP) is 10.6. The lowest BCUT2D eigenvalue weighted by molar-refractivity contribution is -0.870. The summed E-state index contributed by atoms with van der Waals surface area (Å²) < 4.78 is 33.8. The number of likely N-dealkylation sites (N-methyl/N-ethyl adjacent to an activating group) is 1. The smallest absolute Gasteiger partial charge is 0.306 e. The third-order valence-corrected chi connectivity index (χ3v) is 9.69. The average molecular weight is 744 g/mol. The monoisotopic (exact) mass is 744 g/mol. The number of hydrogen-bond donors (Lipinski definition) is 0. The van der Waals surface area contributed by atoms with E-state index in [0.717, 1.165) is 57.8 Å². The largest absolute Gasteiger partial charge is 0.756 e. The van der Waals surface area contributed by atoms with Gasteiger partial charge in [-0.25, -0.2) is 0 Å². The highest BCUT2D eigenvalue weighted by Gasteiger charge is 2.21. The zero-order chi connectivity index (χ0) is 37.9. The number of phosphoric acid groups is 1. The maximum Gasteiger partial charge on any atom is 0.306 e. The molecular weight excluding hydrogens is 665 g/mol. The number of allylic oxidation sites excluding steroid dienone is 4. The SMILES string of the molecule is CCCCC/C=C\C/C=C\CCCCCCCC(=O)O[C@H](COC(=O)CCCCCCCCCCCCCC)COP(=O)([O-])OCC[N+](C)(C)C. The Morgan fingerprint density at radius 1 is 0.608 bits per heavy atom. The van der Waals surface area contributed by atoms with Crippen LogP contribution in [0.15, 0.2) is 24.3 Å². The van der Waals surface area contributed by atoms with E-state index in [1.165, 1.54) is 83.5 Å². The summed E-state index contributed by atoms with van der Waals surface area (Å²) in [4.78, 5) is 37.4. The number of phosphoric ester groups is 1. The Morgan fingerprint density at radius 2 is 1.06 bits per heavy atom. The summed E-state index contributed by atoms with van der Waals surface area (Å²) >= 11 is 0. The number of nitrogens with zero attached hydrogens (tertiary/aromatic N) is 1. The van der Waals surface area contributed by atoms with Gasteiger partial charge in [0, 0.05) is 12.8 Å². The quantitative estimate of drug-likeness (QED) is 0.0203. The number of ether oxygens (including phenoxy) is 2. The van der Waals surface area contributed by atoms with E-state index in [1.54, 1.807) is 0 Å². The Balaban J connectivity index is 4.42. The van der Waals surface area contributed by atoms with Crippen molar-refractivity contribution in [1.82, 2.24) is 0 Å². The molecule has 51 heavy (non-hydrogen) atoms. The summed E-state index contributed by atoms with van der Waals surface area (Å²) in [6, 6.07) is 0. The van der Waals surface area contributed by atoms with Gasteiger partial charge in [-0.05, 0) is 44.9 Å². The van der Waals surface area contributed by atoms with E-state index < -0.39 is 26.5 Å². The number of quaternary nitrogens is 1. The molecule has 2 atom stereocenters. The molecule has 10 heteroatoms. The number of hydrogen-bond acceptors (Lipinski definition) is 8. The Kier molecular flexibility index (Phi) is 33.3. The van der Waals surface area contributed by atoms with Crippen LogP contribution in [0.25, 0.3) is 0 Å². The molecule has 0 fully saturated rings. The van der Waals surface area contributed by atoms with Crippen molar-refractivity contribution in [3.63, 3.8) is 0 Å². The number of esters is 2. The van der Waals surface area contributed by atoms with E-state index in [9.17, 15) is 19.0 Å². The predicted molar refractivity (Wildman–Crippen MR) is 208 cm³/mol. The first kappa shape index (κ1) is 49.5. The highest BCUT2D eigenvalue weighted by molar-refractivity contribution is 7.45. The molecule has 0 heterocycles. The Morgan fingerprint density at radius 3 is 1.59 bits per heavy atom. The third-order valence-electron chi connectivity index (χ3n) is 8.72. The zero-order valence-electron chi connectivity index (χ0n) is 33.6. The summed E-state index contributed by atoms with van der Waals surface area (Å²) in [6.45, 7) is 4.18. The first-order chi connectivity index (χ1) is 24.5. The van der Waals surface area contributed by atoms with Crippen molar-refractivity contribution in [3.8, 4) is 0 Å². The van der Waals surface area contributed by atoms with Crippen molar-refractivity contribution in [2.75, 3.05) is 47.5 Å². The molecule has 0 aliphatic carbocycles. The van der Waals surface area contributed by atoms with Gasteiger partial charge in [0.25, 0.3) is 7.82 Å². The van der Waals surface area contributed by atoms with Gasteiger partial charge in [-0.2, -0.15) is 0 Å². The molecule has 0 spiro atoms. The van der Waals surface area contributed by atoms with Crippen LogP contribution in [0.3, 0.4) is 0 Å². The minimum Gasteiger partial charge on any atom is -0.756 e. The molecule has 0 radical (unpaired) electrons. The fourth-order valence-corrected chi connectivity index (χ4v) is 6.18. The van der Waals surface area contributed by atoms with E-state index >= 15 is 0 Å². The number of carbonyl (C=O) groups excluding carboxylic acids is 2. The minimum atomic E-state index is -4.62. The van der Waals surface area contributed by atoms with Crippen LogP contribution >= 0.6 is 7.82 Å². The fourth-order valence-electron chi connectivity index (χ4n) is 5.45. The van der Waals surface area contributed by atoms with E-state index in [2.05, 4.69) is 38.2 Å². The molecule has 0 bridgehead atoms. The van der Waals surface area contributed by atoms with Gasteiger partial charge in [-0.15, -0.1) is 0 Å². The van der Waals surface area contributed by atoms with Crippen molar-refractivity contribution in [2.24, 2.45) is 0 Å². The van der Waals surface area contributed by atoms with Crippen LogP contribution in [0.2, 0.25) is 0 Å². The van der Waals surface area contributed by atoms with Crippen LogP contribution < -0.4 is 4.89 Å². The summed E-state index contributed by atoms with van der Waals surface area (Å²) in [5, 5.41) is 0. The topological polar surface area (TPSA) is 111 Å². The normalized spacial score (nSPS) is 13.9.